The van der Waals surface area contributed by atoms with Gasteiger partial charge in [-0.2, -0.15) is 5.26 Å². The zero-order valence-corrected chi connectivity index (χ0v) is 17.1. The number of aromatic nitrogens is 1. The summed E-state index contributed by atoms with van der Waals surface area (Å²) in [5.74, 6) is 0.872. The lowest BCUT2D eigenvalue weighted by Crippen LogP contribution is -2.48. The van der Waals surface area contributed by atoms with E-state index in [-0.39, 0.29) is 11.7 Å². The number of amides is 1. The van der Waals surface area contributed by atoms with E-state index in [2.05, 4.69) is 16.0 Å². The third-order valence-corrected chi connectivity index (χ3v) is 5.45. The number of nitrogens with zero attached hydrogens (tertiary/aromatic N) is 4. The molecule has 1 aliphatic rings. The zero-order valence-electron chi connectivity index (χ0n) is 17.1. The second-order valence-electron chi connectivity index (χ2n) is 7.59. The molecule has 4 rings (SSSR count). The van der Waals surface area contributed by atoms with Gasteiger partial charge in [-0.25, -0.2) is 9.37 Å². The number of carbonyl (C=O) groups is 1. The highest BCUT2D eigenvalue weighted by Gasteiger charge is 2.21. The van der Waals surface area contributed by atoms with Crippen LogP contribution in [0.4, 0.5) is 4.39 Å². The largest absolute Gasteiger partial charge is 0.441 e. The summed E-state index contributed by atoms with van der Waals surface area (Å²) in [7, 11) is 0. The van der Waals surface area contributed by atoms with Gasteiger partial charge in [-0.1, -0.05) is 12.1 Å². The molecule has 0 atom stereocenters. The lowest BCUT2D eigenvalue weighted by molar-refractivity contribution is -0.133. The maximum Gasteiger partial charge on any atom is 0.223 e. The molecular weight excluding hydrogens is 395 g/mol. The molecule has 0 aliphatic carbocycles. The number of rotatable bonds is 6. The molecule has 1 saturated heterocycles. The number of halogens is 1. The van der Waals surface area contributed by atoms with Crippen LogP contribution in [0.1, 0.15) is 23.4 Å². The van der Waals surface area contributed by atoms with Gasteiger partial charge in [0.25, 0.3) is 0 Å². The molecule has 1 aromatic heterocycles. The number of nitriles is 1. The molecule has 0 radical (unpaired) electrons. The minimum atomic E-state index is -0.300. The number of oxazole rings is 1. The molecule has 1 fully saturated rings. The molecule has 0 spiro atoms. The molecule has 2 aromatic carbocycles. The van der Waals surface area contributed by atoms with Gasteiger partial charge < -0.3 is 9.32 Å². The maximum atomic E-state index is 13.1. The maximum absolute atomic E-state index is 13.1. The predicted octanol–water partition coefficient (Wildman–Crippen LogP) is 3.63. The predicted molar refractivity (Wildman–Crippen MR) is 113 cm³/mol. The number of hydrogen-bond donors (Lipinski definition) is 0. The lowest BCUT2D eigenvalue weighted by atomic mass is 10.1. The molecule has 31 heavy (non-hydrogen) atoms. The highest BCUT2D eigenvalue weighted by Crippen LogP contribution is 2.21. The molecule has 6 nitrogen and oxygen atoms in total. The number of carbonyl (C=O) groups excluding carboxylic acids is 1. The van der Waals surface area contributed by atoms with Crippen molar-refractivity contribution in [1.29, 1.82) is 5.26 Å². The van der Waals surface area contributed by atoms with Crippen molar-refractivity contribution in [2.75, 3.05) is 26.2 Å². The van der Waals surface area contributed by atoms with E-state index in [0.29, 0.717) is 43.1 Å². The Bertz CT molecular complexity index is 1060. The summed E-state index contributed by atoms with van der Waals surface area (Å²) < 4.78 is 18.8. The minimum absolute atomic E-state index is 0.0968. The van der Waals surface area contributed by atoms with Crippen LogP contribution in [0.5, 0.6) is 0 Å². The van der Waals surface area contributed by atoms with Crippen molar-refractivity contribution in [2.45, 2.75) is 19.4 Å². The second kappa shape index (κ2) is 9.54. The monoisotopic (exact) mass is 418 g/mol. The van der Waals surface area contributed by atoms with Gasteiger partial charge in [0.2, 0.25) is 5.91 Å². The van der Waals surface area contributed by atoms with E-state index in [4.69, 9.17) is 9.68 Å². The van der Waals surface area contributed by atoms with Gasteiger partial charge in [0.15, 0.2) is 11.7 Å². The van der Waals surface area contributed by atoms with E-state index in [0.717, 1.165) is 25.2 Å². The van der Waals surface area contributed by atoms with Crippen LogP contribution in [-0.2, 0) is 17.8 Å². The molecule has 7 heteroatoms. The molecule has 1 amide bonds. The number of hydrogen-bond acceptors (Lipinski definition) is 5. The summed E-state index contributed by atoms with van der Waals surface area (Å²) in [6, 6.07) is 15.8. The third-order valence-electron chi connectivity index (χ3n) is 5.45. The summed E-state index contributed by atoms with van der Waals surface area (Å²) in [4.78, 5) is 21.0. The van der Waals surface area contributed by atoms with Crippen LogP contribution < -0.4 is 0 Å². The summed E-state index contributed by atoms with van der Waals surface area (Å²) in [6.07, 6.45) is 2.39. The molecule has 158 valence electrons. The van der Waals surface area contributed by atoms with E-state index in [9.17, 15) is 9.18 Å². The zero-order chi connectivity index (χ0) is 21.6. The van der Waals surface area contributed by atoms with Gasteiger partial charge in [-0.15, -0.1) is 0 Å². The van der Waals surface area contributed by atoms with Crippen LogP contribution in [0.2, 0.25) is 0 Å². The number of aryl methyl sites for hydroxylation is 1. The molecular formula is C24H23FN4O2. The molecule has 0 saturated carbocycles. The van der Waals surface area contributed by atoms with Crippen molar-refractivity contribution in [3.8, 4) is 17.4 Å². The Balaban J connectivity index is 1.23. The first-order chi connectivity index (χ1) is 15.1. The van der Waals surface area contributed by atoms with Crippen LogP contribution in [0, 0.1) is 17.1 Å². The fourth-order valence-corrected chi connectivity index (χ4v) is 3.64. The number of benzene rings is 2. The van der Waals surface area contributed by atoms with Crippen molar-refractivity contribution < 1.29 is 13.6 Å². The van der Waals surface area contributed by atoms with Crippen LogP contribution in [-0.4, -0.2) is 46.9 Å². The minimum Gasteiger partial charge on any atom is -0.441 e. The van der Waals surface area contributed by atoms with Crippen molar-refractivity contribution in [3.05, 3.63) is 77.6 Å². The smallest absolute Gasteiger partial charge is 0.223 e. The summed E-state index contributed by atoms with van der Waals surface area (Å²) in [6.45, 7) is 3.85. The Morgan fingerprint density at radius 2 is 1.77 bits per heavy atom. The summed E-state index contributed by atoms with van der Waals surface area (Å²) in [5, 5.41) is 8.89. The van der Waals surface area contributed by atoms with Gasteiger partial charge >= 0.3 is 0 Å². The molecule has 2 heterocycles. The van der Waals surface area contributed by atoms with Gasteiger partial charge in [-0.05, 0) is 42.0 Å². The molecule has 0 N–H and O–H groups in total. The van der Waals surface area contributed by atoms with E-state index in [1.165, 1.54) is 17.7 Å². The average Bonchev–Trinajstić information content (AvgIpc) is 3.28. The van der Waals surface area contributed by atoms with Crippen molar-refractivity contribution in [3.63, 3.8) is 0 Å². The highest BCUT2D eigenvalue weighted by atomic mass is 19.1. The molecule has 3 aromatic rings. The van der Waals surface area contributed by atoms with Crippen LogP contribution in [0.3, 0.4) is 0 Å². The van der Waals surface area contributed by atoms with E-state index >= 15 is 0 Å². The second-order valence-corrected chi connectivity index (χ2v) is 7.59. The van der Waals surface area contributed by atoms with Crippen LogP contribution >= 0.6 is 0 Å². The fraction of sp³-hybridized carbons (Fsp3) is 0.292. The van der Waals surface area contributed by atoms with E-state index in [1.54, 1.807) is 18.3 Å². The third kappa shape index (κ3) is 5.36. The molecule has 0 bridgehead atoms. The SMILES string of the molecule is N#Cc1ccc(CN2CCN(C(=O)CCc3ncc(-c4ccc(F)cc4)o3)CC2)cc1. The Morgan fingerprint density at radius 1 is 1.06 bits per heavy atom. The first-order valence-corrected chi connectivity index (χ1v) is 10.3. The van der Waals surface area contributed by atoms with E-state index < -0.39 is 0 Å². The van der Waals surface area contributed by atoms with Gasteiger partial charge in [0, 0.05) is 51.1 Å². The average molecular weight is 418 g/mol. The first-order valence-electron chi connectivity index (χ1n) is 10.3. The van der Waals surface area contributed by atoms with Gasteiger partial charge in [0.1, 0.15) is 5.82 Å². The molecule has 0 unspecified atom stereocenters. The van der Waals surface area contributed by atoms with Gasteiger partial charge in [-0.3, -0.25) is 9.69 Å². The summed E-state index contributed by atoms with van der Waals surface area (Å²) in [5.41, 5.74) is 2.58. The van der Waals surface area contributed by atoms with Crippen molar-refractivity contribution in [2.24, 2.45) is 0 Å². The normalized spacial score (nSPS) is 14.4. The Labute approximate surface area is 180 Å². The Hall–Kier alpha value is -3.50. The van der Waals surface area contributed by atoms with Crippen LogP contribution in [0.15, 0.2) is 59.1 Å². The standard InChI is InChI=1S/C24H23FN4O2/c25-21-7-5-20(6-8-21)22-16-27-23(31-22)9-10-24(30)29-13-11-28(12-14-29)17-19-3-1-18(15-26)2-4-19/h1-8,16H,9-14,17H2. The molecule has 1 aliphatic heterocycles. The fourth-order valence-electron chi connectivity index (χ4n) is 3.64. The Kier molecular flexibility index (Phi) is 6.39. The van der Waals surface area contributed by atoms with Crippen LogP contribution in [0.25, 0.3) is 11.3 Å². The quantitative estimate of drug-likeness (QED) is 0.611. The van der Waals surface area contributed by atoms with Gasteiger partial charge in [0.05, 0.1) is 17.8 Å². The highest BCUT2D eigenvalue weighted by molar-refractivity contribution is 5.76. The number of piperazine rings is 1. The van der Waals surface area contributed by atoms with E-state index in [1.807, 2.05) is 29.2 Å². The summed E-state index contributed by atoms with van der Waals surface area (Å²) >= 11 is 0. The lowest BCUT2D eigenvalue weighted by Gasteiger charge is -2.34. The Morgan fingerprint density at radius 3 is 2.45 bits per heavy atom. The van der Waals surface area contributed by atoms with Crippen molar-refractivity contribution in [1.82, 2.24) is 14.8 Å². The van der Waals surface area contributed by atoms with Crippen molar-refractivity contribution >= 4 is 5.91 Å². The first kappa shape index (κ1) is 20.8. The topological polar surface area (TPSA) is 73.4 Å².